The molecule has 0 radical (unpaired) electrons. The van der Waals surface area contributed by atoms with Crippen molar-refractivity contribution in [2.24, 2.45) is 0 Å². The molecule has 188 valence electrons. The molecule has 0 bridgehead atoms. The first kappa shape index (κ1) is 26.4. The zero-order valence-corrected chi connectivity index (χ0v) is 21.2. The molecule has 0 saturated heterocycles. The van der Waals surface area contributed by atoms with Crippen LogP contribution in [0, 0.1) is 0 Å². The second kappa shape index (κ2) is 11.5. The normalized spacial score (nSPS) is 16.9. The molecule has 0 spiro atoms. The van der Waals surface area contributed by atoms with Gasteiger partial charge in [-0.25, -0.2) is 4.79 Å². The average Bonchev–Trinajstić information content (AvgIpc) is 2.83. The first-order valence-electron chi connectivity index (χ1n) is 11.7. The molecule has 6 N–H and O–H groups in total. The van der Waals surface area contributed by atoms with Gasteiger partial charge in [-0.3, -0.25) is 9.59 Å². The maximum absolute atomic E-state index is 13.5. The minimum atomic E-state index is -1.30. The molecule has 8 nitrogen and oxygen atoms in total. The van der Waals surface area contributed by atoms with Gasteiger partial charge in [-0.05, 0) is 68.2 Å². The summed E-state index contributed by atoms with van der Waals surface area (Å²) >= 11 is 1.37. The maximum atomic E-state index is 13.5. The van der Waals surface area contributed by atoms with Crippen LogP contribution >= 0.6 is 11.8 Å². The fourth-order valence-electron chi connectivity index (χ4n) is 4.33. The summed E-state index contributed by atoms with van der Waals surface area (Å²) in [7, 11) is 0. The summed E-state index contributed by atoms with van der Waals surface area (Å²) in [6.07, 6.45) is 3.50. The van der Waals surface area contributed by atoms with Gasteiger partial charge in [-0.15, -0.1) is 0 Å². The van der Waals surface area contributed by atoms with Crippen molar-refractivity contribution in [1.29, 1.82) is 0 Å². The standard InChI is InChI=1S/C26H34N4O4S/c1-26(2,35-3)22(30-25(33)34)24(32)29-21(15-16-11-13-18(27)14-12-16)23(31)28-20-10-6-8-17-7-4-5-9-19(17)20/h4-5,7,9,11-14,20-22,30H,6,8,10,15,27H2,1-3H3,(H,28,31)(H,29,32)(H,33,34)/t20-,21?,22?/m1/s1. The molecule has 0 fully saturated rings. The molecule has 2 unspecified atom stereocenters. The number of thioether (sulfide) groups is 1. The molecule has 0 aromatic heterocycles. The summed E-state index contributed by atoms with van der Waals surface area (Å²) in [5.74, 6) is -0.862. The van der Waals surface area contributed by atoms with Crippen LogP contribution in [0.25, 0.3) is 0 Å². The summed E-state index contributed by atoms with van der Waals surface area (Å²) in [6, 6.07) is 13.1. The van der Waals surface area contributed by atoms with Gasteiger partial charge >= 0.3 is 6.09 Å². The number of fused-ring (bicyclic) bond motifs is 1. The second-order valence-electron chi connectivity index (χ2n) is 9.35. The van der Waals surface area contributed by atoms with Crippen LogP contribution in [0.4, 0.5) is 10.5 Å². The number of carbonyl (C=O) groups excluding carboxylic acids is 2. The Labute approximate surface area is 210 Å². The monoisotopic (exact) mass is 498 g/mol. The van der Waals surface area contributed by atoms with Crippen molar-refractivity contribution in [3.63, 3.8) is 0 Å². The van der Waals surface area contributed by atoms with E-state index < -0.39 is 28.8 Å². The largest absolute Gasteiger partial charge is 0.465 e. The van der Waals surface area contributed by atoms with E-state index in [9.17, 15) is 19.5 Å². The number of hydrogen-bond acceptors (Lipinski definition) is 5. The number of anilines is 1. The lowest BCUT2D eigenvalue weighted by molar-refractivity contribution is -0.130. The van der Waals surface area contributed by atoms with Crippen molar-refractivity contribution in [3.05, 3.63) is 65.2 Å². The van der Waals surface area contributed by atoms with Gasteiger partial charge in [-0.1, -0.05) is 36.4 Å². The molecule has 3 rings (SSSR count). The number of nitrogens with one attached hydrogen (secondary N) is 3. The number of carbonyl (C=O) groups is 3. The fourth-order valence-corrected chi connectivity index (χ4v) is 4.73. The van der Waals surface area contributed by atoms with E-state index in [1.54, 1.807) is 26.0 Å². The average molecular weight is 499 g/mol. The van der Waals surface area contributed by atoms with Crippen LogP contribution in [0.2, 0.25) is 0 Å². The number of rotatable bonds is 9. The van der Waals surface area contributed by atoms with Gasteiger partial charge in [0, 0.05) is 16.9 Å². The Bertz CT molecular complexity index is 1060. The number of nitrogen functional groups attached to an aromatic ring is 1. The summed E-state index contributed by atoms with van der Waals surface area (Å²) in [5, 5.41) is 17.6. The molecule has 9 heteroatoms. The summed E-state index contributed by atoms with van der Waals surface area (Å²) in [6.45, 7) is 3.57. The fraction of sp³-hybridized carbons (Fsp3) is 0.423. The van der Waals surface area contributed by atoms with Gasteiger partial charge in [0.15, 0.2) is 0 Å². The molecule has 0 heterocycles. The van der Waals surface area contributed by atoms with E-state index in [4.69, 9.17) is 5.73 Å². The van der Waals surface area contributed by atoms with Gasteiger partial charge in [0.05, 0.1) is 6.04 Å². The number of nitrogens with two attached hydrogens (primary N) is 1. The van der Waals surface area contributed by atoms with E-state index in [0.29, 0.717) is 5.69 Å². The van der Waals surface area contributed by atoms with Gasteiger partial charge in [-0.2, -0.15) is 11.8 Å². The predicted octanol–water partition coefficient (Wildman–Crippen LogP) is 3.27. The van der Waals surface area contributed by atoms with Crippen LogP contribution in [0.1, 0.15) is 49.4 Å². The van der Waals surface area contributed by atoms with Crippen LogP contribution in [0.5, 0.6) is 0 Å². The highest BCUT2D eigenvalue weighted by molar-refractivity contribution is 8.00. The molecule has 0 aliphatic heterocycles. The van der Waals surface area contributed by atoms with Gasteiger partial charge in [0.2, 0.25) is 11.8 Å². The topological polar surface area (TPSA) is 134 Å². The molecular formula is C26H34N4O4S. The van der Waals surface area contributed by atoms with Gasteiger partial charge in [0.1, 0.15) is 12.1 Å². The molecule has 2 aromatic rings. The SMILES string of the molecule is CSC(C)(C)C(NC(=O)O)C(=O)NC(Cc1ccc(N)cc1)C(=O)N[C@@H]1CCCc2ccccc21. The molecular weight excluding hydrogens is 464 g/mol. The molecule has 0 saturated carbocycles. The van der Waals surface area contributed by atoms with Crippen LogP contribution < -0.4 is 21.7 Å². The number of carboxylic acid groups (broad SMARTS) is 1. The van der Waals surface area contributed by atoms with E-state index in [1.165, 1.54) is 17.3 Å². The Morgan fingerprint density at radius 3 is 2.43 bits per heavy atom. The lowest BCUT2D eigenvalue weighted by Gasteiger charge is -2.33. The third-order valence-corrected chi connectivity index (χ3v) is 7.78. The van der Waals surface area contributed by atoms with Crippen molar-refractivity contribution < 1.29 is 19.5 Å². The lowest BCUT2D eigenvalue weighted by atomic mass is 9.87. The molecule has 1 aliphatic rings. The Kier molecular flexibility index (Phi) is 8.67. The molecule has 1 aliphatic carbocycles. The van der Waals surface area contributed by atoms with Crippen LogP contribution in [0.3, 0.4) is 0 Å². The highest BCUT2D eigenvalue weighted by Crippen LogP contribution is 2.30. The van der Waals surface area contributed by atoms with E-state index in [2.05, 4.69) is 22.0 Å². The number of hydrogen-bond donors (Lipinski definition) is 5. The minimum absolute atomic E-state index is 0.145. The maximum Gasteiger partial charge on any atom is 0.405 e. The zero-order valence-electron chi connectivity index (χ0n) is 20.3. The number of benzene rings is 2. The third kappa shape index (κ3) is 6.91. The number of amides is 3. The number of aryl methyl sites for hydroxylation is 1. The predicted molar refractivity (Wildman–Crippen MR) is 139 cm³/mol. The van der Waals surface area contributed by atoms with Gasteiger partial charge < -0.3 is 26.8 Å². The van der Waals surface area contributed by atoms with E-state index >= 15 is 0 Å². The van der Waals surface area contributed by atoms with E-state index in [-0.39, 0.29) is 18.4 Å². The molecule has 2 aromatic carbocycles. The Hall–Kier alpha value is -3.20. The Morgan fingerprint density at radius 1 is 1.09 bits per heavy atom. The smallest absolute Gasteiger partial charge is 0.405 e. The minimum Gasteiger partial charge on any atom is -0.465 e. The third-order valence-electron chi connectivity index (χ3n) is 6.49. The summed E-state index contributed by atoms with van der Waals surface area (Å²) < 4.78 is -0.729. The quantitative estimate of drug-likeness (QED) is 0.337. The molecule has 3 amide bonds. The van der Waals surface area contributed by atoms with Crippen LogP contribution in [-0.2, 0) is 22.4 Å². The van der Waals surface area contributed by atoms with Crippen molar-refractivity contribution in [2.75, 3.05) is 12.0 Å². The van der Waals surface area contributed by atoms with Gasteiger partial charge in [0.25, 0.3) is 0 Å². The second-order valence-corrected chi connectivity index (χ2v) is 10.8. The van der Waals surface area contributed by atoms with E-state index in [0.717, 1.165) is 30.4 Å². The van der Waals surface area contributed by atoms with Crippen LogP contribution in [0.15, 0.2) is 48.5 Å². The first-order valence-corrected chi connectivity index (χ1v) is 12.9. The van der Waals surface area contributed by atoms with Crippen LogP contribution in [-0.4, -0.2) is 46.1 Å². The Morgan fingerprint density at radius 2 is 1.77 bits per heavy atom. The van der Waals surface area contributed by atoms with Crippen molar-refractivity contribution in [3.8, 4) is 0 Å². The van der Waals surface area contributed by atoms with Crippen molar-refractivity contribution >= 4 is 35.4 Å². The first-order chi connectivity index (χ1) is 16.6. The highest BCUT2D eigenvalue weighted by atomic mass is 32.2. The van der Waals surface area contributed by atoms with Crippen molar-refractivity contribution in [1.82, 2.24) is 16.0 Å². The summed E-state index contributed by atoms with van der Waals surface area (Å²) in [4.78, 5) is 38.2. The molecule has 35 heavy (non-hydrogen) atoms. The van der Waals surface area contributed by atoms with E-state index in [1.807, 2.05) is 36.6 Å². The molecule has 3 atom stereocenters. The lowest BCUT2D eigenvalue weighted by Crippen LogP contribution is -2.60. The zero-order chi connectivity index (χ0) is 25.6. The Balaban J connectivity index is 1.84. The van der Waals surface area contributed by atoms with Crippen molar-refractivity contribution in [2.45, 2.75) is 62.4 Å². The highest BCUT2D eigenvalue weighted by Gasteiger charge is 2.38. The summed E-state index contributed by atoms with van der Waals surface area (Å²) in [5.41, 5.74) is 9.55.